The van der Waals surface area contributed by atoms with Gasteiger partial charge in [-0.05, 0) is 44.1 Å². The van der Waals surface area contributed by atoms with Crippen molar-refractivity contribution in [3.63, 3.8) is 0 Å². The largest absolute Gasteiger partial charge is 0.314 e. The van der Waals surface area contributed by atoms with Crippen LogP contribution in [0.4, 0.5) is 0 Å². The molecule has 3 heteroatoms. The van der Waals surface area contributed by atoms with Gasteiger partial charge in [0.2, 0.25) is 0 Å². The van der Waals surface area contributed by atoms with Gasteiger partial charge in [0.1, 0.15) is 0 Å². The molecule has 0 saturated heterocycles. The molecule has 1 aliphatic rings. The first-order chi connectivity index (χ1) is 10.1. The van der Waals surface area contributed by atoms with Gasteiger partial charge in [-0.1, -0.05) is 40.0 Å². The molecule has 0 spiro atoms. The van der Waals surface area contributed by atoms with Crippen LogP contribution in [0.25, 0.3) is 0 Å². The number of hydrogen-bond donors (Lipinski definition) is 1. The average Bonchev–Trinajstić information content (AvgIpc) is 2.88. The molecule has 1 fully saturated rings. The lowest BCUT2D eigenvalue weighted by Crippen LogP contribution is -2.41. The highest BCUT2D eigenvalue weighted by Gasteiger charge is 2.33. The summed E-state index contributed by atoms with van der Waals surface area (Å²) in [6.07, 6.45) is 9.15. The maximum absolute atomic E-state index is 4.74. The lowest BCUT2D eigenvalue weighted by Gasteiger charge is -2.38. The summed E-state index contributed by atoms with van der Waals surface area (Å²) < 4.78 is 2.23. The molecule has 0 amide bonds. The van der Waals surface area contributed by atoms with Gasteiger partial charge < -0.3 is 5.32 Å². The molecule has 120 valence electrons. The Hall–Kier alpha value is -0.830. The van der Waals surface area contributed by atoms with Crippen molar-refractivity contribution in [1.82, 2.24) is 15.1 Å². The van der Waals surface area contributed by atoms with Crippen LogP contribution in [-0.4, -0.2) is 22.4 Å². The molecular formula is C18H33N3. The molecule has 1 heterocycles. The Balaban J connectivity index is 2.15. The molecule has 2 rings (SSSR count). The third-order valence-electron chi connectivity index (χ3n) is 4.93. The minimum Gasteiger partial charge on any atom is -0.314 e. The molecule has 0 atom stereocenters. The molecule has 3 nitrogen and oxygen atoms in total. The van der Waals surface area contributed by atoms with Gasteiger partial charge >= 0.3 is 0 Å². The van der Waals surface area contributed by atoms with Crippen molar-refractivity contribution in [3.8, 4) is 0 Å². The van der Waals surface area contributed by atoms with E-state index in [0.29, 0.717) is 11.5 Å². The smallest absolute Gasteiger partial charge is 0.0624 e. The zero-order valence-corrected chi connectivity index (χ0v) is 14.4. The van der Waals surface area contributed by atoms with Gasteiger partial charge in [-0.2, -0.15) is 5.10 Å². The minimum atomic E-state index is 0.445. The highest BCUT2D eigenvalue weighted by molar-refractivity contribution is 5.13. The van der Waals surface area contributed by atoms with E-state index in [1.54, 1.807) is 0 Å². The Bertz CT molecular complexity index is 428. The first kappa shape index (κ1) is 16.5. The maximum Gasteiger partial charge on any atom is 0.0624 e. The van der Waals surface area contributed by atoms with Gasteiger partial charge in [0.05, 0.1) is 5.69 Å². The summed E-state index contributed by atoms with van der Waals surface area (Å²) in [5.74, 6) is 0. The van der Waals surface area contributed by atoms with E-state index in [4.69, 9.17) is 5.10 Å². The second-order valence-electron chi connectivity index (χ2n) is 7.07. The first-order valence-corrected chi connectivity index (χ1v) is 8.87. The monoisotopic (exact) mass is 291 g/mol. The zero-order valence-electron chi connectivity index (χ0n) is 14.4. The number of rotatable bonds is 7. The Labute approximate surface area is 130 Å². The molecule has 0 bridgehead atoms. The van der Waals surface area contributed by atoms with Crippen molar-refractivity contribution in [2.75, 3.05) is 6.54 Å². The lowest BCUT2D eigenvalue weighted by molar-refractivity contribution is 0.172. The molecule has 1 aliphatic carbocycles. The standard InChI is InChI=1S/C18H33N3/c1-5-16-12-17(21(6-2)20-16)13-18(14-19-15(3)4)10-8-7-9-11-18/h12,15,19H,5-11,13-14H2,1-4H3. The lowest BCUT2D eigenvalue weighted by atomic mass is 9.71. The van der Waals surface area contributed by atoms with E-state index in [1.165, 1.54) is 49.9 Å². The Kier molecular flexibility index (Phi) is 5.86. The number of aromatic nitrogens is 2. The fraction of sp³-hybridized carbons (Fsp3) is 0.833. The topological polar surface area (TPSA) is 29.9 Å². The number of nitrogens with one attached hydrogen (secondary N) is 1. The number of aryl methyl sites for hydroxylation is 2. The molecule has 1 N–H and O–H groups in total. The molecule has 0 unspecified atom stereocenters. The third kappa shape index (κ3) is 4.32. The molecule has 1 aromatic heterocycles. The second kappa shape index (κ2) is 7.44. The van der Waals surface area contributed by atoms with Crippen molar-refractivity contribution < 1.29 is 0 Å². The van der Waals surface area contributed by atoms with E-state index in [-0.39, 0.29) is 0 Å². The summed E-state index contributed by atoms with van der Waals surface area (Å²) in [5, 5.41) is 8.44. The first-order valence-electron chi connectivity index (χ1n) is 8.87. The normalized spacial score (nSPS) is 18.3. The van der Waals surface area contributed by atoms with Gasteiger partial charge in [0, 0.05) is 24.8 Å². The molecule has 1 aromatic rings. The van der Waals surface area contributed by atoms with Crippen LogP contribution in [0, 0.1) is 5.41 Å². The van der Waals surface area contributed by atoms with Crippen molar-refractivity contribution in [2.24, 2.45) is 5.41 Å². The van der Waals surface area contributed by atoms with Crippen LogP contribution in [-0.2, 0) is 19.4 Å². The predicted molar refractivity (Wildman–Crippen MR) is 89.6 cm³/mol. The van der Waals surface area contributed by atoms with Crippen LogP contribution in [0.1, 0.15) is 71.2 Å². The highest BCUT2D eigenvalue weighted by Crippen LogP contribution is 2.39. The SMILES string of the molecule is CCc1cc(CC2(CNC(C)C)CCCCC2)n(CC)n1. The molecule has 0 aromatic carbocycles. The molecule has 21 heavy (non-hydrogen) atoms. The van der Waals surface area contributed by atoms with E-state index >= 15 is 0 Å². The Morgan fingerprint density at radius 1 is 1.24 bits per heavy atom. The summed E-state index contributed by atoms with van der Waals surface area (Å²) in [6, 6.07) is 2.92. The third-order valence-corrected chi connectivity index (χ3v) is 4.93. The summed E-state index contributed by atoms with van der Waals surface area (Å²) in [4.78, 5) is 0. The molecule has 0 aliphatic heterocycles. The van der Waals surface area contributed by atoms with E-state index in [1.807, 2.05) is 0 Å². The van der Waals surface area contributed by atoms with Gasteiger partial charge in [-0.3, -0.25) is 4.68 Å². The van der Waals surface area contributed by atoms with Crippen molar-refractivity contribution in [2.45, 2.75) is 85.2 Å². The van der Waals surface area contributed by atoms with E-state index < -0.39 is 0 Å². The van der Waals surface area contributed by atoms with Crippen LogP contribution in [0.2, 0.25) is 0 Å². The Morgan fingerprint density at radius 3 is 2.52 bits per heavy atom. The predicted octanol–water partition coefficient (Wildman–Crippen LogP) is 3.96. The zero-order chi connectivity index (χ0) is 15.3. The van der Waals surface area contributed by atoms with Crippen LogP contribution in [0.3, 0.4) is 0 Å². The highest BCUT2D eigenvalue weighted by atomic mass is 15.3. The molecule has 1 saturated carbocycles. The van der Waals surface area contributed by atoms with Crippen molar-refractivity contribution in [3.05, 3.63) is 17.5 Å². The van der Waals surface area contributed by atoms with Crippen molar-refractivity contribution in [1.29, 1.82) is 0 Å². The van der Waals surface area contributed by atoms with Crippen molar-refractivity contribution >= 4 is 0 Å². The fourth-order valence-electron chi connectivity index (χ4n) is 3.63. The Morgan fingerprint density at radius 2 is 1.95 bits per heavy atom. The molecular weight excluding hydrogens is 258 g/mol. The van der Waals surface area contributed by atoms with Crippen LogP contribution >= 0.6 is 0 Å². The summed E-state index contributed by atoms with van der Waals surface area (Å²) in [5.41, 5.74) is 3.14. The van der Waals surface area contributed by atoms with Crippen LogP contribution in [0.15, 0.2) is 6.07 Å². The van der Waals surface area contributed by atoms with Crippen LogP contribution < -0.4 is 5.32 Å². The van der Waals surface area contributed by atoms with E-state index in [0.717, 1.165) is 19.5 Å². The summed E-state index contributed by atoms with van der Waals surface area (Å²) in [6.45, 7) is 11.0. The number of nitrogens with zero attached hydrogens (tertiary/aromatic N) is 2. The van der Waals surface area contributed by atoms with Gasteiger partial charge in [-0.15, -0.1) is 0 Å². The van der Waals surface area contributed by atoms with Crippen LogP contribution in [0.5, 0.6) is 0 Å². The van der Waals surface area contributed by atoms with Gasteiger partial charge in [0.25, 0.3) is 0 Å². The average molecular weight is 291 g/mol. The maximum atomic E-state index is 4.74. The fourth-order valence-corrected chi connectivity index (χ4v) is 3.63. The van der Waals surface area contributed by atoms with Gasteiger partial charge in [-0.25, -0.2) is 0 Å². The van der Waals surface area contributed by atoms with Gasteiger partial charge in [0.15, 0.2) is 0 Å². The molecule has 0 radical (unpaired) electrons. The van der Waals surface area contributed by atoms with E-state index in [9.17, 15) is 0 Å². The van der Waals surface area contributed by atoms with E-state index in [2.05, 4.69) is 43.8 Å². The summed E-state index contributed by atoms with van der Waals surface area (Å²) >= 11 is 0. The quantitative estimate of drug-likeness (QED) is 0.824. The minimum absolute atomic E-state index is 0.445. The number of hydrogen-bond acceptors (Lipinski definition) is 2. The second-order valence-corrected chi connectivity index (χ2v) is 7.07. The summed E-state index contributed by atoms with van der Waals surface area (Å²) in [7, 11) is 0.